The zero-order valence-electron chi connectivity index (χ0n) is 15.6. The summed E-state index contributed by atoms with van der Waals surface area (Å²) < 4.78 is 19.7. The number of carbonyl (C=O) groups is 1. The molecular weight excluding hydrogens is 363 g/mol. The minimum atomic E-state index is -0.377. The molecule has 0 spiro atoms. The molecule has 8 heteroatoms. The summed E-state index contributed by atoms with van der Waals surface area (Å²) in [6.45, 7) is 3.06. The third kappa shape index (κ3) is 3.42. The topological polar surface area (TPSA) is 81.2 Å². The van der Waals surface area contributed by atoms with E-state index in [0.29, 0.717) is 11.3 Å². The molecule has 0 bridgehead atoms. The maximum absolute atomic E-state index is 13.2. The molecule has 0 saturated carbocycles. The lowest BCUT2D eigenvalue weighted by Gasteiger charge is -2.33. The van der Waals surface area contributed by atoms with Gasteiger partial charge >= 0.3 is 0 Å². The molecule has 1 saturated heterocycles. The fourth-order valence-electron chi connectivity index (χ4n) is 3.67. The van der Waals surface area contributed by atoms with Gasteiger partial charge in [-0.15, -0.1) is 0 Å². The molecule has 146 valence electrons. The monoisotopic (exact) mass is 384 g/mol. The Morgan fingerprint density at radius 2 is 2.07 bits per heavy atom. The zero-order valence-corrected chi connectivity index (χ0v) is 15.6. The summed E-state index contributed by atoms with van der Waals surface area (Å²) in [4.78, 5) is 31.5. The SMILES string of the molecule is C[C@@H]1CCCCN1C(=O)CCn1cnc2onc(-c3ccc(F)cc3)c2c1=O. The Bertz CT molecular complexity index is 1060. The van der Waals surface area contributed by atoms with E-state index < -0.39 is 0 Å². The molecule has 0 aliphatic carbocycles. The van der Waals surface area contributed by atoms with Crippen molar-refractivity contribution in [1.29, 1.82) is 0 Å². The van der Waals surface area contributed by atoms with Gasteiger partial charge in [0.1, 0.15) is 23.2 Å². The van der Waals surface area contributed by atoms with Crippen molar-refractivity contribution in [3.8, 4) is 11.3 Å². The first kappa shape index (κ1) is 18.3. The molecule has 2 aromatic heterocycles. The molecule has 7 nitrogen and oxygen atoms in total. The fraction of sp³-hybridized carbons (Fsp3) is 0.400. The normalized spacial score (nSPS) is 17.2. The third-order valence-electron chi connectivity index (χ3n) is 5.27. The Balaban J connectivity index is 1.59. The van der Waals surface area contributed by atoms with Crippen molar-refractivity contribution in [2.75, 3.05) is 6.54 Å². The van der Waals surface area contributed by atoms with Gasteiger partial charge in [0.25, 0.3) is 11.3 Å². The molecule has 1 aliphatic rings. The predicted octanol–water partition coefficient (Wildman–Crippen LogP) is 2.98. The largest absolute Gasteiger partial charge is 0.340 e. The van der Waals surface area contributed by atoms with Crippen LogP contribution in [-0.4, -0.2) is 38.1 Å². The van der Waals surface area contributed by atoms with Gasteiger partial charge in [-0.1, -0.05) is 5.16 Å². The molecule has 1 fully saturated rings. The van der Waals surface area contributed by atoms with E-state index in [0.717, 1.165) is 25.8 Å². The number of nitrogens with zero attached hydrogens (tertiary/aromatic N) is 4. The maximum Gasteiger partial charge on any atom is 0.266 e. The number of carbonyl (C=O) groups excluding carboxylic acids is 1. The van der Waals surface area contributed by atoms with Crippen LogP contribution in [0.1, 0.15) is 32.6 Å². The number of fused-ring (bicyclic) bond motifs is 1. The van der Waals surface area contributed by atoms with Crippen molar-refractivity contribution in [2.24, 2.45) is 0 Å². The maximum atomic E-state index is 13.2. The Hall–Kier alpha value is -3.03. The second-order valence-electron chi connectivity index (χ2n) is 7.14. The van der Waals surface area contributed by atoms with Gasteiger partial charge in [0.15, 0.2) is 0 Å². The van der Waals surface area contributed by atoms with Gasteiger partial charge in [-0.2, -0.15) is 0 Å². The Morgan fingerprint density at radius 1 is 1.29 bits per heavy atom. The van der Waals surface area contributed by atoms with Gasteiger partial charge in [0.2, 0.25) is 5.91 Å². The molecule has 1 aliphatic heterocycles. The van der Waals surface area contributed by atoms with Crippen LogP contribution in [0.2, 0.25) is 0 Å². The van der Waals surface area contributed by atoms with Crippen LogP contribution in [0.15, 0.2) is 39.9 Å². The quantitative estimate of drug-likeness (QED) is 0.691. The molecule has 1 amide bonds. The highest BCUT2D eigenvalue weighted by Crippen LogP contribution is 2.24. The van der Waals surface area contributed by atoms with Crippen molar-refractivity contribution in [2.45, 2.75) is 45.2 Å². The van der Waals surface area contributed by atoms with Crippen molar-refractivity contribution in [1.82, 2.24) is 19.6 Å². The number of likely N-dealkylation sites (tertiary alicyclic amines) is 1. The number of piperidine rings is 1. The van der Waals surface area contributed by atoms with E-state index in [2.05, 4.69) is 17.1 Å². The lowest BCUT2D eigenvalue weighted by Crippen LogP contribution is -2.42. The zero-order chi connectivity index (χ0) is 19.7. The first-order valence-corrected chi connectivity index (χ1v) is 9.45. The highest BCUT2D eigenvalue weighted by atomic mass is 19.1. The van der Waals surface area contributed by atoms with Gasteiger partial charge in [-0.25, -0.2) is 9.37 Å². The molecule has 0 N–H and O–H groups in total. The van der Waals surface area contributed by atoms with Crippen molar-refractivity contribution in [3.05, 3.63) is 46.8 Å². The predicted molar refractivity (Wildman–Crippen MR) is 101 cm³/mol. The Morgan fingerprint density at radius 3 is 2.82 bits per heavy atom. The van der Waals surface area contributed by atoms with Crippen molar-refractivity contribution >= 4 is 17.0 Å². The van der Waals surface area contributed by atoms with E-state index in [4.69, 9.17) is 4.52 Å². The second-order valence-corrected chi connectivity index (χ2v) is 7.14. The van der Waals surface area contributed by atoms with Crippen LogP contribution in [0.25, 0.3) is 22.4 Å². The average molecular weight is 384 g/mol. The van der Waals surface area contributed by atoms with Gasteiger partial charge in [0.05, 0.1) is 0 Å². The van der Waals surface area contributed by atoms with Crippen molar-refractivity contribution in [3.63, 3.8) is 0 Å². The Kier molecular flexibility index (Phi) is 4.93. The molecule has 28 heavy (non-hydrogen) atoms. The highest BCUT2D eigenvalue weighted by molar-refractivity contribution is 5.88. The van der Waals surface area contributed by atoms with E-state index in [1.54, 1.807) is 0 Å². The number of aryl methyl sites for hydroxylation is 1. The van der Waals surface area contributed by atoms with Crippen molar-refractivity contribution < 1.29 is 13.7 Å². The number of amides is 1. The summed E-state index contributed by atoms with van der Waals surface area (Å²) >= 11 is 0. The summed E-state index contributed by atoms with van der Waals surface area (Å²) in [6.07, 6.45) is 4.78. The van der Waals surface area contributed by atoms with E-state index in [1.807, 2.05) is 4.90 Å². The molecule has 4 rings (SSSR count). The lowest BCUT2D eigenvalue weighted by atomic mass is 10.0. The fourth-order valence-corrected chi connectivity index (χ4v) is 3.67. The molecule has 3 heterocycles. The van der Waals surface area contributed by atoms with Crippen LogP contribution in [0, 0.1) is 5.82 Å². The first-order valence-electron chi connectivity index (χ1n) is 9.45. The number of halogens is 1. The third-order valence-corrected chi connectivity index (χ3v) is 5.27. The highest BCUT2D eigenvalue weighted by Gasteiger charge is 2.23. The molecular formula is C20H21FN4O3. The summed E-state index contributed by atoms with van der Waals surface area (Å²) in [5.41, 5.74) is 0.675. The number of aromatic nitrogens is 3. The minimum absolute atomic E-state index is 0.0447. The van der Waals surface area contributed by atoms with Gasteiger partial charge < -0.3 is 9.42 Å². The number of hydrogen-bond donors (Lipinski definition) is 0. The number of rotatable bonds is 4. The summed E-state index contributed by atoms with van der Waals surface area (Å²) in [6, 6.07) is 5.89. The minimum Gasteiger partial charge on any atom is -0.340 e. The first-order chi connectivity index (χ1) is 13.5. The van der Waals surface area contributed by atoms with E-state index in [1.165, 1.54) is 35.2 Å². The van der Waals surface area contributed by atoms with E-state index in [-0.39, 0.29) is 47.4 Å². The molecule has 0 radical (unpaired) electrons. The summed E-state index contributed by atoms with van der Waals surface area (Å²) in [5.74, 6) is -0.333. The van der Waals surface area contributed by atoms with Crippen LogP contribution < -0.4 is 5.56 Å². The smallest absolute Gasteiger partial charge is 0.266 e. The van der Waals surface area contributed by atoms with Crippen LogP contribution in [-0.2, 0) is 11.3 Å². The molecule has 1 aromatic carbocycles. The average Bonchev–Trinajstić information content (AvgIpc) is 3.13. The Labute approximate surface area is 160 Å². The van der Waals surface area contributed by atoms with Crippen LogP contribution in [0.3, 0.4) is 0 Å². The summed E-state index contributed by atoms with van der Waals surface area (Å²) in [5, 5.41) is 4.16. The van der Waals surface area contributed by atoms with Crippen LogP contribution in [0.4, 0.5) is 4.39 Å². The second kappa shape index (κ2) is 7.53. The van der Waals surface area contributed by atoms with E-state index >= 15 is 0 Å². The van der Waals surface area contributed by atoms with Gasteiger partial charge in [-0.05, 0) is 50.5 Å². The standard InChI is InChI=1S/C20H21FN4O3/c1-13-4-2-3-10-25(13)16(26)9-11-24-12-22-19-17(20(24)27)18(23-28-19)14-5-7-15(21)8-6-14/h5-8,12-13H,2-4,9-11H2,1H3/t13-/m1/s1. The van der Waals surface area contributed by atoms with Crippen LogP contribution >= 0.6 is 0 Å². The van der Waals surface area contributed by atoms with Gasteiger partial charge in [0, 0.05) is 31.1 Å². The summed E-state index contributed by atoms with van der Waals surface area (Å²) in [7, 11) is 0. The van der Waals surface area contributed by atoms with Crippen LogP contribution in [0.5, 0.6) is 0 Å². The molecule has 0 unspecified atom stereocenters. The lowest BCUT2D eigenvalue weighted by molar-refractivity contribution is -0.134. The van der Waals surface area contributed by atoms with E-state index in [9.17, 15) is 14.0 Å². The number of hydrogen-bond acceptors (Lipinski definition) is 5. The molecule has 3 aromatic rings. The molecule has 1 atom stereocenters. The number of benzene rings is 1. The van der Waals surface area contributed by atoms with Gasteiger partial charge in [-0.3, -0.25) is 14.2 Å².